The van der Waals surface area contributed by atoms with Crippen LogP contribution in [0.1, 0.15) is 26.5 Å². The Morgan fingerprint density at radius 3 is 2.52 bits per heavy atom. The summed E-state index contributed by atoms with van der Waals surface area (Å²) in [6.07, 6.45) is -3.52. The average molecular weight is 498 g/mol. The molecule has 0 aliphatic carbocycles. The van der Waals surface area contributed by atoms with E-state index in [4.69, 9.17) is 4.74 Å². The molecule has 0 spiro atoms. The van der Waals surface area contributed by atoms with Crippen molar-refractivity contribution in [3.63, 3.8) is 0 Å². The van der Waals surface area contributed by atoms with Crippen molar-refractivity contribution in [3.05, 3.63) is 39.4 Å². The molecule has 4 atom stereocenters. The fraction of sp³-hybridized carbons (Fsp3) is 0.368. The van der Waals surface area contributed by atoms with Crippen molar-refractivity contribution >= 4 is 39.0 Å². The van der Waals surface area contributed by atoms with Crippen LogP contribution in [0.15, 0.2) is 33.7 Å². The summed E-state index contributed by atoms with van der Waals surface area (Å²) < 4.78 is 6.69. The lowest BCUT2D eigenvalue weighted by molar-refractivity contribution is -0.157. The van der Waals surface area contributed by atoms with Crippen molar-refractivity contribution in [2.45, 2.75) is 44.3 Å². The van der Waals surface area contributed by atoms with Gasteiger partial charge in [0.2, 0.25) is 0 Å². The van der Waals surface area contributed by atoms with Crippen LogP contribution in [0, 0.1) is 0 Å². The summed E-state index contributed by atoms with van der Waals surface area (Å²) in [6, 6.07) is 4.08. The number of hydrogen-bond acceptors (Lipinski definition) is 10. The van der Waals surface area contributed by atoms with Crippen molar-refractivity contribution in [1.29, 1.82) is 0 Å². The van der Waals surface area contributed by atoms with Crippen LogP contribution in [0.25, 0.3) is 0 Å². The smallest absolute Gasteiger partial charge is 0.351 e. The molecule has 1 fully saturated rings. The van der Waals surface area contributed by atoms with Crippen LogP contribution in [0.2, 0.25) is 0 Å². The molecule has 0 bridgehead atoms. The molecule has 1 aromatic carbocycles. The van der Waals surface area contributed by atoms with Gasteiger partial charge in [-0.05, 0) is 41.9 Å². The van der Waals surface area contributed by atoms with Gasteiger partial charge in [0, 0.05) is 12.6 Å². The molecule has 1 unspecified atom stereocenters. The number of phenols is 2. The minimum Gasteiger partial charge on any atom is -0.506 e. The highest BCUT2D eigenvalue weighted by atomic mass is 79.9. The van der Waals surface area contributed by atoms with Crippen molar-refractivity contribution in [2.24, 2.45) is 0 Å². The van der Waals surface area contributed by atoms with Crippen molar-refractivity contribution < 1.29 is 34.8 Å². The number of nitrogens with one attached hydrogen (secondary N) is 1. The highest BCUT2D eigenvalue weighted by Crippen LogP contribution is 2.39. The van der Waals surface area contributed by atoms with Crippen LogP contribution in [0.3, 0.4) is 0 Å². The average Bonchev–Trinajstić information content (AvgIpc) is 3.05. The molecule has 0 amide bonds. The van der Waals surface area contributed by atoms with Crippen LogP contribution in [0.4, 0.5) is 11.5 Å². The number of phenolic OH excluding ortho intramolecular Hbond substituents is 2. The SMILES string of the molecule is CC(=O)[C@]1(O)C[C@H](n2cc(Br)c(Nc3c(O)cccc3O)nc2=O)O[C@@H]1C(=O)C(C)O. The largest absolute Gasteiger partial charge is 0.506 e. The quantitative estimate of drug-likeness (QED) is 0.358. The number of benzene rings is 1. The Morgan fingerprint density at radius 2 is 1.97 bits per heavy atom. The molecule has 5 N–H and O–H groups in total. The van der Waals surface area contributed by atoms with E-state index in [1.807, 2.05) is 0 Å². The molecule has 1 saturated heterocycles. The maximum atomic E-state index is 12.6. The number of carbonyl (C=O) groups is 2. The Morgan fingerprint density at radius 1 is 1.35 bits per heavy atom. The molecule has 166 valence electrons. The van der Waals surface area contributed by atoms with Crippen molar-refractivity contribution in [1.82, 2.24) is 9.55 Å². The maximum Gasteiger partial charge on any atom is 0.351 e. The lowest BCUT2D eigenvalue weighted by Crippen LogP contribution is -2.51. The van der Waals surface area contributed by atoms with Crippen molar-refractivity contribution in [3.8, 4) is 11.5 Å². The minimum absolute atomic E-state index is 0.0329. The van der Waals surface area contributed by atoms with Gasteiger partial charge < -0.3 is 30.5 Å². The molecular formula is C19H20BrN3O8. The number of para-hydroxylation sites is 1. The number of nitrogens with zero attached hydrogens (tertiary/aromatic N) is 2. The number of aromatic hydroxyl groups is 2. The molecule has 0 saturated carbocycles. The van der Waals surface area contributed by atoms with E-state index in [0.29, 0.717) is 0 Å². The molecule has 1 aliphatic rings. The first-order valence-electron chi connectivity index (χ1n) is 9.13. The van der Waals surface area contributed by atoms with E-state index < -0.39 is 47.7 Å². The van der Waals surface area contributed by atoms with E-state index in [0.717, 1.165) is 11.5 Å². The maximum absolute atomic E-state index is 12.6. The second kappa shape index (κ2) is 8.38. The Balaban J connectivity index is 1.96. The molecular weight excluding hydrogens is 478 g/mol. The molecule has 31 heavy (non-hydrogen) atoms. The second-order valence-electron chi connectivity index (χ2n) is 7.16. The number of rotatable bonds is 6. The Bertz CT molecular complexity index is 1080. The number of carbonyl (C=O) groups excluding carboxylic acids is 2. The van der Waals surface area contributed by atoms with Gasteiger partial charge in [-0.2, -0.15) is 4.98 Å². The normalized spacial score (nSPS) is 24.0. The van der Waals surface area contributed by atoms with Crippen LogP contribution in [0.5, 0.6) is 11.5 Å². The number of Topliss-reactive ketones (excluding diaryl/α,β-unsaturated/α-hetero) is 2. The fourth-order valence-electron chi connectivity index (χ4n) is 3.22. The third-order valence-corrected chi connectivity index (χ3v) is 5.55. The summed E-state index contributed by atoms with van der Waals surface area (Å²) in [5, 5.41) is 42.7. The van der Waals surface area contributed by atoms with Gasteiger partial charge in [0.1, 0.15) is 29.5 Å². The highest BCUT2D eigenvalue weighted by molar-refractivity contribution is 9.10. The Hall–Kier alpha value is -2.80. The highest BCUT2D eigenvalue weighted by Gasteiger charge is 2.55. The second-order valence-corrected chi connectivity index (χ2v) is 8.01. The van der Waals surface area contributed by atoms with Crippen LogP contribution in [-0.4, -0.2) is 59.4 Å². The number of hydrogen-bond donors (Lipinski definition) is 5. The number of ether oxygens (including phenoxy) is 1. The summed E-state index contributed by atoms with van der Waals surface area (Å²) in [4.78, 5) is 40.7. The standard InChI is InChI=1S/C19H20BrN3O8/c1-8(24)15(28)16-19(30,9(2)25)6-13(31-16)23-7-10(20)17(22-18(23)29)21-14-11(26)4-3-5-12(14)27/h3-5,7-8,13,16,24,26-27,30H,6H2,1-2H3,(H,21,22,29)/t8?,13-,16-,19-/m1/s1. The zero-order valence-electron chi connectivity index (χ0n) is 16.4. The van der Waals surface area contributed by atoms with E-state index in [-0.39, 0.29) is 27.5 Å². The van der Waals surface area contributed by atoms with Crippen molar-refractivity contribution in [2.75, 3.05) is 5.32 Å². The molecule has 1 aliphatic heterocycles. The van der Waals surface area contributed by atoms with Gasteiger partial charge in [-0.1, -0.05) is 6.07 Å². The van der Waals surface area contributed by atoms with Gasteiger partial charge >= 0.3 is 5.69 Å². The van der Waals surface area contributed by atoms with Gasteiger partial charge in [-0.15, -0.1) is 0 Å². The summed E-state index contributed by atoms with van der Waals surface area (Å²) >= 11 is 3.22. The lowest BCUT2D eigenvalue weighted by Gasteiger charge is -2.24. The lowest BCUT2D eigenvalue weighted by atomic mass is 9.87. The predicted molar refractivity (Wildman–Crippen MR) is 110 cm³/mol. The Labute approximate surface area is 184 Å². The van der Waals surface area contributed by atoms with Gasteiger partial charge in [0.05, 0.1) is 4.47 Å². The van der Waals surface area contributed by atoms with E-state index >= 15 is 0 Å². The Kier molecular flexibility index (Phi) is 6.18. The van der Waals surface area contributed by atoms with E-state index in [9.17, 15) is 34.8 Å². The van der Waals surface area contributed by atoms with Crippen LogP contribution in [-0.2, 0) is 14.3 Å². The van der Waals surface area contributed by atoms with E-state index in [1.165, 1.54) is 31.3 Å². The first-order chi connectivity index (χ1) is 14.5. The zero-order valence-corrected chi connectivity index (χ0v) is 18.0. The van der Waals surface area contributed by atoms with Gasteiger partial charge in [0.25, 0.3) is 0 Å². The summed E-state index contributed by atoms with van der Waals surface area (Å²) in [7, 11) is 0. The third-order valence-electron chi connectivity index (χ3n) is 4.97. The topological polar surface area (TPSA) is 171 Å². The van der Waals surface area contributed by atoms with Gasteiger partial charge in [-0.25, -0.2) is 4.79 Å². The molecule has 1 aromatic heterocycles. The number of aliphatic hydroxyl groups is 2. The molecule has 2 aromatic rings. The number of anilines is 2. The third kappa shape index (κ3) is 4.19. The first-order valence-corrected chi connectivity index (χ1v) is 9.92. The monoisotopic (exact) mass is 497 g/mol. The summed E-state index contributed by atoms with van der Waals surface area (Å²) in [5.74, 6) is -2.23. The predicted octanol–water partition coefficient (Wildman–Crippen LogP) is 0.718. The fourth-order valence-corrected chi connectivity index (χ4v) is 3.63. The summed E-state index contributed by atoms with van der Waals surface area (Å²) in [6.45, 7) is 2.26. The molecule has 11 nitrogen and oxygen atoms in total. The summed E-state index contributed by atoms with van der Waals surface area (Å²) in [5.41, 5.74) is -3.15. The van der Waals surface area contributed by atoms with Gasteiger partial charge in [-0.3, -0.25) is 14.2 Å². The number of aliphatic hydroxyl groups excluding tert-OH is 1. The first kappa shape index (κ1) is 22.9. The minimum atomic E-state index is -2.22. The molecule has 3 rings (SSSR count). The zero-order chi connectivity index (χ0) is 23.1. The molecule has 12 heteroatoms. The molecule has 0 radical (unpaired) electrons. The number of ketones is 2. The van der Waals surface area contributed by atoms with Gasteiger partial charge in [0.15, 0.2) is 29.1 Å². The van der Waals surface area contributed by atoms with E-state index in [1.54, 1.807) is 0 Å². The van der Waals surface area contributed by atoms with Crippen LogP contribution < -0.4 is 11.0 Å². The van der Waals surface area contributed by atoms with Crippen LogP contribution >= 0.6 is 15.9 Å². The van der Waals surface area contributed by atoms with E-state index in [2.05, 4.69) is 26.2 Å². The number of aromatic nitrogens is 2. The number of halogens is 1. The molecule has 2 heterocycles.